The zero-order valence-corrected chi connectivity index (χ0v) is 15.4. The molecule has 138 valence electrons. The van der Waals surface area contributed by atoms with Crippen molar-refractivity contribution >= 4 is 28.2 Å². The van der Waals surface area contributed by atoms with E-state index in [1.807, 2.05) is 36.4 Å². The highest BCUT2D eigenvalue weighted by Crippen LogP contribution is 2.30. The molecule has 1 N–H and O–H groups in total. The number of rotatable bonds is 5. The molecule has 4 aromatic rings. The number of halogens is 1. The van der Waals surface area contributed by atoms with Crippen LogP contribution in [0.1, 0.15) is 19.3 Å². The van der Waals surface area contributed by atoms with Crippen molar-refractivity contribution in [3.05, 3.63) is 47.6 Å². The largest absolute Gasteiger partial charge is 0.477 e. The van der Waals surface area contributed by atoms with Crippen molar-refractivity contribution in [2.75, 3.05) is 13.2 Å². The number of nitrogens with zero attached hydrogens (tertiary/aromatic N) is 3. The fraction of sp³-hybridized carbons (Fsp3) is 0.300. The maximum atomic E-state index is 6.07. The lowest BCUT2D eigenvalue weighted by Gasteiger charge is -2.10. The minimum absolute atomic E-state index is 0.555. The molecule has 4 heterocycles. The van der Waals surface area contributed by atoms with Crippen LogP contribution in [0.3, 0.4) is 0 Å². The van der Waals surface area contributed by atoms with E-state index in [0.29, 0.717) is 29.3 Å². The fourth-order valence-electron chi connectivity index (χ4n) is 3.55. The van der Waals surface area contributed by atoms with Crippen LogP contribution in [0.2, 0.25) is 5.02 Å². The Kier molecular flexibility index (Phi) is 4.22. The monoisotopic (exact) mass is 382 g/mol. The first-order valence-corrected chi connectivity index (χ1v) is 9.54. The van der Waals surface area contributed by atoms with Gasteiger partial charge in [0, 0.05) is 22.5 Å². The van der Waals surface area contributed by atoms with Crippen molar-refractivity contribution in [2.45, 2.75) is 25.3 Å². The Labute approximate surface area is 161 Å². The Balaban J connectivity index is 1.42. The van der Waals surface area contributed by atoms with Crippen LogP contribution in [-0.2, 0) is 0 Å². The number of benzene rings is 1. The summed E-state index contributed by atoms with van der Waals surface area (Å²) in [4.78, 5) is 4.42. The van der Waals surface area contributed by atoms with E-state index in [0.717, 1.165) is 35.3 Å². The van der Waals surface area contributed by atoms with Crippen molar-refractivity contribution in [2.24, 2.45) is 0 Å². The molecular weight excluding hydrogens is 364 g/mol. The first kappa shape index (κ1) is 16.6. The number of nitrogens with one attached hydrogen (secondary N) is 1. The summed E-state index contributed by atoms with van der Waals surface area (Å²) in [6.07, 6.45) is 5.21. The minimum Gasteiger partial charge on any atom is -0.477 e. The van der Waals surface area contributed by atoms with Crippen LogP contribution in [0.4, 0.5) is 0 Å². The summed E-state index contributed by atoms with van der Waals surface area (Å²) in [5.74, 6) is 1.28. The van der Waals surface area contributed by atoms with Gasteiger partial charge in [-0.2, -0.15) is 0 Å². The van der Waals surface area contributed by atoms with Crippen molar-refractivity contribution < 1.29 is 9.15 Å². The second kappa shape index (κ2) is 6.87. The van der Waals surface area contributed by atoms with Crippen molar-refractivity contribution in [3.63, 3.8) is 0 Å². The summed E-state index contributed by atoms with van der Waals surface area (Å²) in [5, 5.41) is 9.69. The van der Waals surface area contributed by atoms with Gasteiger partial charge < -0.3 is 14.5 Å². The van der Waals surface area contributed by atoms with E-state index in [9.17, 15) is 0 Å². The van der Waals surface area contributed by atoms with Gasteiger partial charge in [0.25, 0.3) is 0 Å². The minimum atomic E-state index is 0.555. The Bertz CT molecular complexity index is 1100. The predicted octanol–water partition coefficient (Wildman–Crippen LogP) is 4.32. The number of aromatic nitrogens is 3. The van der Waals surface area contributed by atoms with Crippen LogP contribution in [-0.4, -0.2) is 33.8 Å². The van der Waals surface area contributed by atoms with E-state index in [1.54, 1.807) is 10.7 Å². The average molecular weight is 383 g/mol. The second-order valence-corrected chi connectivity index (χ2v) is 7.24. The molecule has 0 bridgehead atoms. The topological polar surface area (TPSA) is 64.6 Å². The highest BCUT2D eigenvalue weighted by atomic mass is 35.5. The third kappa shape index (κ3) is 3.26. The number of ether oxygens (including phenoxy) is 1. The van der Waals surface area contributed by atoms with Gasteiger partial charge >= 0.3 is 0 Å². The molecular formula is C20H19ClN4O2. The maximum Gasteiger partial charge on any atom is 0.231 e. The Hall–Kier alpha value is -2.57. The molecule has 7 heteroatoms. The van der Waals surface area contributed by atoms with Gasteiger partial charge in [0.1, 0.15) is 11.3 Å². The van der Waals surface area contributed by atoms with Crippen LogP contribution >= 0.6 is 11.6 Å². The van der Waals surface area contributed by atoms with Crippen molar-refractivity contribution in [1.29, 1.82) is 0 Å². The van der Waals surface area contributed by atoms with Crippen LogP contribution in [0.15, 0.2) is 47.0 Å². The van der Waals surface area contributed by atoms with Gasteiger partial charge in [0.15, 0.2) is 11.4 Å². The van der Waals surface area contributed by atoms with Gasteiger partial charge in [-0.15, -0.1) is 5.10 Å². The molecule has 0 radical (unpaired) electrons. The molecule has 1 unspecified atom stereocenters. The molecule has 0 amide bonds. The highest BCUT2D eigenvalue weighted by molar-refractivity contribution is 6.31. The van der Waals surface area contributed by atoms with Gasteiger partial charge in [-0.05, 0) is 56.1 Å². The summed E-state index contributed by atoms with van der Waals surface area (Å²) in [5.41, 5.74) is 2.30. The number of hydrogen-bond donors (Lipinski definition) is 1. The SMILES string of the molecule is Clc1ccc2oc(-c3cnc4ccc(OCCC5CCCN5)nn34)cc2c1. The third-order valence-corrected chi connectivity index (χ3v) is 5.18. The lowest BCUT2D eigenvalue weighted by molar-refractivity contribution is 0.278. The van der Waals surface area contributed by atoms with Gasteiger partial charge in [0.05, 0.1) is 12.8 Å². The molecule has 1 aliphatic rings. The lowest BCUT2D eigenvalue weighted by Crippen LogP contribution is -2.23. The first-order chi connectivity index (χ1) is 13.3. The summed E-state index contributed by atoms with van der Waals surface area (Å²) in [6.45, 7) is 1.75. The molecule has 1 aliphatic heterocycles. The summed E-state index contributed by atoms with van der Waals surface area (Å²) >= 11 is 6.07. The number of fused-ring (bicyclic) bond motifs is 2. The number of hydrogen-bond acceptors (Lipinski definition) is 5. The summed E-state index contributed by atoms with van der Waals surface area (Å²) < 4.78 is 13.6. The molecule has 1 fully saturated rings. The smallest absolute Gasteiger partial charge is 0.231 e. The lowest BCUT2D eigenvalue weighted by atomic mass is 10.2. The molecule has 0 aliphatic carbocycles. The zero-order chi connectivity index (χ0) is 18.2. The Morgan fingerprint density at radius 3 is 3.11 bits per heavy atom. The highest BCUT2D eigenvalue weighted by Gasteiger charge is 2.15. The van der Waals surface area contributed by atoms with Gasteiger partial charge in [0.2, 0.25) is 5.88 Å². The predicted molar refractivity (Wildman–Crippen MR) is 104 cm³/mol. The van der Waals surface area contributed by atoms with Crippen LogP contribution in [0, 0.1) is 0 Å². The zero-order valence-electron chi connectivity index (χ0n) is 14.7. The average Bonchev–Trinajstić information content (AvgIpc) is 3.40. The van der Waals surface area contributed by atoms with Gasteiger partial charge in [-0.25, -0.2) is 9.50 Å². The van der Waals surface area contributed by atoms with Crippen LogP contribution in [0.5, 0.6) is 5.88 Å². The normalized spacial score (nSPS) is 17.1. The van der Waals surface area contributed by atoms with E-state index >= 15 is 0 Å². The van der Waals surface area contributed by atoms with Crippen LogP contribution < -0.4 is 10.1 Å². The quantitative estimate of drug-likeness (QED) is 0.557. The second-order valence-electron chi connectivity index (χ2n) is 6.81. The van der Waals surface area contributed by atoms with E-state index < -0.39 is 0 Å². The summed E-state index contributed by atoms with van der Waals surface area (Å²) in [7, 11) is 0. The maximum absolute atomic E-state index is 6.07. The van der Waals surface area contributed by atoms with E-state index in [4.69, 9.17) is 20.8 Å². The molecule has 1 saturated heterocycles. The standard InChI is InChI=1S/C20H19ClN4O2/c21-14-3-4-17-13(10-14)11-18(27-17)16-12-23-19-5-6-20(24-25(16)19)26-9-7-15-2-1-8-22-15/h3-6,10-12,15,22H,1-2,7-9H2. The van der Waals surface area contributed by atoms with Crippen molar-refractivity contribution in [1.82, 2.24) is 19.9 Å². The molecule has 27 heavy (non-hydrogen) atoms. The number of imidazole rings is 1. The molecule has 1 aromatic carbocycles. The van der Waals surface area contributed by atoms with Crippen LogP contribution in [0.25, 0.3) is 28.1 Å². The van der Waals surface area contributed by atoms with E-state index in [2.05, 4.69) is 15.4 Å². The molecule has 5 rings (SSSR count). The Morgan fingerprint density at radius 1 is 1.26 bits per heavy atom. The first-order valence-electron chi connectivity index (χ1n) is 9.17. The third-order valence-electron chi connectivity index (χ3n) is 4.95. The number of furan rings is 1. The van der Waals surface area contributed by atoms with E-state index in [-0.39, 0.29) is 0 Å². The molecule has 0 spiro atoms. The molecule has 1 atom stereocenters. The van der Waals surface area contributed by atoms with Crippen molar-refractivity contribution in [3.8, 4) is 17.3 Å². The van der Waals surface area contributed by atoms with Gasteiger partial charge in [-0.3, -0.25) is 0 Å². The summed E-state index contributed by atoms with van der Waals surface area (Å²) in [6, 6.07) is 11.8. The van der Waals surface area contributed by atoms with Gasteiger partial charge in [-0.1, -0.05) is 11.6 Å². The molecule has 3 aromatic heterocycles. The fourth-order valence-corrected chi connectivity index (χ4v) is 3.73. The van der Waals surface area contributed by atoms with E-state index in [1.165, 1.54) is 12.8 Å². The molecule has 6 nitrogen and oxygen atoms in total. The molecule has 0 saturated carbocycles. The Morgan fingerprint density at radius 2 is 2.22 bits per heavy atom.